The largest absolute Gasteiger partial charge is 0.489 e. The van der Waals surface area contributed by atoms with E-state index in [0.717, 1.165) is 51.9 Å². The number of nitrogens with one attached hydrogen (secondary N) is 1. The maximum absolute atomic E-state index is 13.5. The Labute approximate surface area is 204 Å². The van der Waals surface area contributed by atoms with Crippen LogP contribution in [0.25, 0.3) is 0 Å². The molecule has 1 aliphatic heterocycles. The number of carbonyl (C=O) groups excluding carboxylic acids is 1. The highest BCUT2D eigenvalue weighted by molar-refractivity contribution is 7.99. The summed E-state index contributed by atoms with van der Waals surface area (Å²) in [4.78, 5) is 18.3. The van der Waals surface area contributed by atoms with E-state index in [9.17, 15) is 4.79 Å². The summed E-state index contributed by atoms with van der Waals surface area (Å²) < 4.78 is 8.17. The minimum Gasteiger partial charge on any atom is -0.489 e. The highest BCUT2D eigenvalue weighted by Gasteiger charge is 2.42. The Bertz CT molecular complexity index is 1230. The highest BCUT2D eigenvalue weighted by atomic mass is 32.2. The van der Waals surface area contributed by atoms with Crippen LogP contribution in [0.1, 0.15) is 57.2 Å². The molecule has 7 heteroatoms. The first kappa shape index (κ1) is 22.7. The molecule has 3 aromatic rings. The van der Waals surface area contributed by atoms with Crippen molar-refractivity contribution >= 4 is 23.5 Å². The number of fused-ring (bicyclic) bond motifs is 1. The molecule has 0 saturated carbocycles. The van der Waals surface area contributed by atoms with E-state index >= 15 is 0 Å². The fraction of sp³-hybridized carbons (Fsp3) is 0.370. The van der Waals surface area contributed by atoms with E-state index in [4.69, 9.17) is 14.8 Å². The summed E-state index contributed by atoms with van der Waals surface area (Å²) in [7, 11) is 0. The van der Waals surface area contributed by atoms with Gasteiger partial charge in [0.25, 0.3) is 0 Å². The molecule has 0 spiro atoms. The van der Waals surface area contributed by atoms with Gasteiger partial charge in [0.15, 0.2) is 5.78 Å². The van der Waals surface area contributed by atoms with Crippen molar-refractivity contribution < 1.29 is 9.53 Å². The Hall–Kier alpha value is -3.06. The van der Waals surface area contributed by atoms with E-state index in [-0.39, 0.29) is 17.2 Å². The lowest BCUT2D eigenvalue weighted by atomic mass is 9.73. The van der Waals surface area contributed by atoms with Crippen molar-refractivity contribution in [3.8, 4) is 5.75 Å². The molecule has 0 fully saturated rings. The molecule has 0 bridgehead atoms. The predicted octanol–water partition coefficient (Wildman–Crippen LogP) is 6.02. The number of anilines is 1. The van der Waals surface area contributed by atoms with Crippen LogP contribution in [0.4, 0.5) is 5.95 Å². The number of hydrogen-bond acceptors (Lipinski definition) is 6. The van der Waals surface area contributed by atoms with Gasteiger partial charge in [-0.25, -0.2) is 4.68 Å². The monoisotopic (exact) mass is 474 g/mol. The molecule has 5 rings (SSSR count). The third-order valence-electron chi connectivity index (χ3n) is 6.20. The van der Waals surface area contributed by atoms with Crippen LogP contribution in [-0.2, 0) is 11.4 Å². The van der Waals surface area contributed by atoms with E-state index in [1.165, 1.54) is 0 Å². The molecule has 0 radical (unpaired) electrons. The van der Waals surface area contributed by atoms with Crippen LogP contribution in [0, 0.1) is 5.41 Å². The molecule has 1 N–H and O–H groups in total. The molecule has 2 heterocycles. The van der Waals surface area contributed by atoms with Crippen LogP contribution in [-0.4, -0.2) is 26.3 Å². The van der Waals surface area contributed by atoms with Gasteiger partial charge in [-0.15, -0.1) is 5.10 Å². The third-order valence-corrected chi connectivity index (χ3v) is 7.24. The summed E-state index contributed by atoms with van der Waals surface area (Å²) >= 11 is 1.64. The molecule has 2 aromatic carbocycles. The fourth-order valence-electron chi connectivity index (χ4n) is 4.70. The predicted molar refractivity (Wildman–Crippen MR) is 135 cm³/mol. The number of benzene rings is 2. The van der Waals surface area contributed by atoms with Crippen LogP contribution in [0.5, 0.6) is 5.75 Å². The number of ether oxygens (including phenoxy) is 1. The smallest absolute Gasteiger partial charge is 0.227 e. The maximum Gasteiger partial charge on any atom is 0.227 e. The normalized spacial score (nSPS) is 18.8. The van der Waals surface area contributed by atoms with Crippen LogP contribution >= 0.6 is 11.8 Å². The lowest BCUT2D eigenvalue weighted by molar-refractivity contribution is -0.118. The van der Waals surface area contributed by atoms with Gasteiger partial charge in [-0.2, -0.15) is 4.98 Å². The topological polar surface area (TPSA) is 69.0 Å². The van der Waals surface area contributed by atoms with Gasteiger partial charge in [0.05, 0.1) is 0 Å². The molecule has 1 aromatic heterocycles. The Morgan fingerprint density at radius 3 is 2.68 bits per heavy atom. The molecule has 1 atom stereocenters. The number of Topliss-reactive ketones (excluding diaryl/α,β-unsaturated/α-hetero) is 1. The number of aromatic nitrogens is 3. The average molecular weight is 475 g/mol. The van der Waals surface area contributed by atoms with Gasteiger partial charge in [0.1, 0.15) is 18.4 Å². The second-order valence-corrected chi connectivity index (χ2v) is 10.7. The van der Waals surface area contributed by atoms with E-state index < -0.39 is 0 Å². The van der Waals surface area contributed by atoms with Gasteiger partial charge in [0, 0.05) is 29.0 Å². The zero-order valence-corrected chi connectivity index (χ0v) is 20.7. The van der Waals surface area contributed by atoms with E-state index in [2.05, 4.69) is 26.1 Å². The Balaban J connectivity index is 1.58. The molecule has 1 unspecified atom stereocenters. The minimum atomic E-state index is -0.370. The molecule has 6 nitrogen and oxygen atoms in total. The van der Waals surface area contributed by atoms with Crippen molar-refractivity contribution in [1.82, 2.24) is 14.8 Å². The van der Waals surface area contributed by atoms with Crippen molar-refractivity contribution in [2.45, 2.75) is 57.8 Å². The van der Waals surface area contributed by atoms with Crippen molar-refractivity contribution in [3.05, 3.63) is 77.0 Å². The van der Waals surface area contributed by atoms with Crippen LogP contribution in [0.2, 0.25) is 0 Å². The zero-order chi connectivity index (χ0) is 23.7. The fourth-order valence-corrected chi connectivity index (χ4v) is 5.39. The lowest BCUT2D eigenvalue weighted by Crippen LogP contribution is -2.36. The summed E-state index contributed by atoms with van der Waals surface area (Å²) in [5, 5.41) is 9.01. The van der Waals surface area contributed by atoms with Crippen molar-refractivity contribution in [2.24, 2.45) is 5.41 Å². The van der Waals surface area contributed by atoms with Crippen molar-refractivity contribution in [2.75, 3.05) is 11.1 Å². The van der Waals surface area contributed by atoms with Gasteiger partial charge in [-0.3, -0.25) is 4.79 Å². The molecular weight excluding hydrogens is 444 g/mol. The first-order valence-electron chi connectivity index (χ1n) is 11.8. The van der Waals surface area contributed by atoms with E-state index in [1.54, 1.807) is 11.8 Å². The summed E-state index contributed by atoms with van der Waals surface area (Å²) in [6, 6.07) is 17.7. The van der Waals surface area contributed by atoms with Crippen LogP contribution < -0.4 is 10.1 Å². The number of rotatable bonds is 7. The lowest BCUT2D eigenvalue weighted by Gasteiger charge is -2.38. The quantitative estimate of drug-likeness (QED) is 0.423. The number of para-hydroxylation sites is 1. The Morgan fingerprint density at radius 1 is 1.12 bits per heavy atom. The zero-order valence-electron chi connectivity index (χ0n) is 19.9. The first-order chi connectivity index (χ1) is 16.4. The van der Waals surface area contributed by atoms with Crippen LogP contribution in [0.3, 0.4) is 0 Å². The Kier molecular flexibility index (Phi) is 6.21. The summed E-state index contributed by atoms with van der Waals surface area (Å²) in [5.41, 5.74) is 3.66. The number of carbonyl (C=O) groups is 1. The number of nitrogens with zero attached hydrogens (tertiary/aromatic N) is 3. The van der Waals surface area contributed by atoms with E-state index in [1.807, 2.05) is 59.3 Å². The van der Waals surface area contributed by atoms with Gasteiger partial charge >= 0.3 is 0 Å². The maximum atomic E-state index is 13.5. The van der Waals surface area contributed by atoms with Gasteiger partial charge in [0.2, 0.25) is 11.1 Å². The standard InChI is InChI=1S/C27H30N4O2S/c1-4-14-34-26-29-25-28-20-15-27(2,3)16-21(32)23(20)24(31(25)30-26)19-12-8-9-13-22(19)33-17-18-10-6-5-7-11-18/h5-13,24H,4,14-17H2,1-3H3,(H,28,29,30). The molecule has 1 aliphatic carbocycles. The summed E-state index contributed by atoms with van der Waals surface area (Å²) in [6.45, 7) is 6.89. The summed E-state index contributed by atoms with van der Waals surface area (Å²) in [5.74, 6) is 2.55. The van der Waals surface area contributed by atoms with Gasteiger partial charge < -0.3 is 10.1 Å². The van der Waals surface area contributed by atoms with Crippen LogP contribution in [0.15, 0.2) is 71.0 Å². The second-order valence-electron chi connectivity index (χ2n) is 9.68. The molecular formula is C27H30N4O2S. The van der Waals surface area contributed by atoms with Gasteiger partial charge in [-0.1, -0.05) is 81.1 Å². The number of allylic oxidation sites excluding steroid dienone is 2. The highest BCUT2D eigenvalue weighted by Crippen LogP contribution is 2.47. The van der Waals surface area contributed by atoms with Gasteiger partial charge in [-0.05, 0) is 29.9 Å². The second kappa shape index (κ2) is 9.29. The minimum absolute atomic E-state index is 0.0984. The number of thioether (sulfide) groups is 1. The third kappa shape index (κ3) is 4.49. The number of hydrogen-bond donors (Lipinski definition) is 1. The number of ketones is 1. The van der Waals surface area contributed by atoms with E-state index in [0.29, 0.717) is 19.0 Å². The molecule has 176 valence electrons. The molecule has 0 saturated heterocycles. The Morgan fingerprint density at radius 2 is 1.88 bits per heavy atom. The average Bonchev–Trinajstić information content (AvgIpc) is 3.22. The SMILES string of the molecule is CCCSc1nc2n(n1)C(c1ccccc1OCc1ccccc1)C1=C(CC(C)(C)CC1=O)N2. The molecule has 34 heavy (non-hydrogen) atoms. The molecule has 0 amide bonds. The first-order valence-corrected chi connectivity index (χ1v) is 12.8. The molecule has 2 aliphatic rings. The van der Waals surface area contributed by atoms with Crippen molar-refractivity contribution in [1.29, 1.82) is 0 Å². The van der Waals surface area contributed by atoms with Crippen molar-refractivity contribution in [3.63, 3.8) is 0 Å². The summed E-state index contributed by atoms with van der Waals surface area (Å²) in [6.07, 6.45) is 2.35.